The van der Waals surface area contributed by atoms with Crippen molar-refractivity contribution in [2.24, 2.45) is 0 Å². The molecule has 0 spiro atoms. The van der Waals surface area contributed by atoms with E-state index < -0.39 is 0 Å². The predicted octanol–water partition coefficient (Wildman–Crippen LogP) is 2.73. The Morgan fingerprint density at radius 3 is 2.65 bits per heavy atom. The molecule has 1 fully saturated rings. The normalized spacial score (nSPS) is 14.8. The largest absolute Gasteiger partial charge is 0.295 e. The second-order valence-corrected chi connectivity index (χ2v) is 6.72. The maximum atomic E-state index is 11.6. The van der Waals surface area contributed by atoms with Gasteiger partial charge in [-0.2, -0.15) is 0 Å². The molecule has 0 atom stereocenters. The minimum Gasteiger partial charge on any atom is -0.295 e. The van der Waals surface area contributed by atoms with Crippen LogP contribution in [0.25, 0.3) is 5.69 Å². The Kier molecular flexibility index (Phi) is 4.52. The molecule has 0 aliphatic carbocycles. The lowest BCUT2D eigenvalue weighted by atomic mass is 10.1. The first-order chi connectivity index (χ1) is 11.1. The SMILES string of the molecule is Cc1ccc(C)c(-n2ccnc2SCCN2C(=O)CCC2=O)c1. The summed E-state index contributed by atoms with van der Waals surface area (Å²) in [6, 6.07) is 6.32. The summed E-state index contributed by atoms with van der Waals surface area (Å²) >= 11 is 1.56. The summed E-state index contributed by atoms with van der Waals surface area (Å²) in [6.45, 7) is 4.59. The summed E-state index contributed by atoms with van der Waals surface area (Å²) in [5.41, 5.74) is 3.49. The number of aromatic nitrogens is 2. The summed E-state index contributed by atoms with van der Waals surface area (Å²) in [5.74, 6) is 0.529. The van der Waals surface area contributed by atoms with E-state index in [0.29, 0.717) is 25.1 Å². The zero-order valence-electron chi connectivity index (χ0n) is 13.3. The zero-order chi connectivity index (χ0) is 16.4. The van der Waals surface area contributed by atoms with Crippen LogP contribution in [0.3, 0.4) is 0 Å². The van der Waals surface area contributed by atoms with Crippen LogP contribution in [0.2, 0.25) is 0 Å². The number of thioether (sulfide) groups is 1. The van der Waals surface area contributed by atoms with Gasteiger partial charge >= 0.3 is 0 Å². The first kappa shape index (κ1) is 15.8. The highest BCUT2D eigenvalue weighted by molar-refractivity contribution is 7.99. The number of hydrogen-bond donors (Lipinski definition) is 0. The third kappa shape index (κ3) is 3.32. The van der Waals surface area contributed by atoms with Crippen molar-refractivity contribution in [1.82, 2.24) is 14.5 Å². The highest BCUT2D eigenvalue weighted by Gasteiger charge is 2.28. The van der Waals surface area contributed by atoms with Crippen LogP contribution in [0.1, 0.15) is 24.0 Å². The van der Waals surface area contributed by atoms with E-state index in [1.54, 1.807) is 18.0 Å². The Labute approximate surface area is 139 Å². The molecule has 23 heavy (non-hydrogen) atoms. The fourth-order valence-corrected chi connectivity index (χ4v) is 3.55. The number of imide groups is 1. The molecule has 1 aliphatic rings. The van der Waals surface area contributed by atoms with Gasteiger partial charge in [-0.05, 0) is 31.0 Å². The predicted molar refractivity (Wildman–Crippen MR) is 89.7 cm³/mol. The summed E-state index contributed by atoms with van der Waals surface area (Å²) < 4.78 is 2.06. The molecule has 1 saturated heterocycles. The molecular formula is C17H19N3O2S. The molecule has 2 heterocycles. The molecule has 0 N–H and O–H groups in total. The van der Waals surface area contributed by atoms with E-state index in [9.17, 15) is 9.59 Å². The number of carbonyl (C=O) groups is 2. The third-order valence-electron chi connectivity index (χ3n) is 3.93. The topological polar surface area (TPSA) is 55.2 Å². The quantitative estimate of drug-likeness (QED) is 0.625. The number of nitrogens with zero attached hydrogens (tertiary/aromatic N) is 3. The van der Waals surface area contributed by atoms with Crippen molar-refractivity contribution in [3.8, 4) is 5.69 Å². The van der Waals surface area contributed by atoms with Crippen LogP contribution in [-0.4, -0.2) is 38.6 Å². The van der Waals surface area contributed by atoms with E-state index in [1.807, 2.05) is 6.20 Å². The molecule has 2 aromatic rings. The van der Waals surface area contributed by atoms with Crippen molar-refractivity contribution in [1.29, 1.82) is 0 Å². The van der Waals surface area contributed by atoms with Gasteiger partial charge in [0, 0.05) is 37.5 Å². The van der Waals surface area contributed by atoms with Gasteiger partial charge in [0.2, 0.25) is 11.8 Å². The standard InChI is InChI=1S/C17H19N3O2S/c1-12-3-4-13(2)14(11-12)19-8-7-18-17(19)23-10-9-20-15(21)5-6-16(20)22/h3-4,7-8,11H,5-6,9-10H2,1-2H3. The van der Waals surface area contributed by atoms with Gasteiger partial charge in [-0.1, -0.05) is 23.9 Å². The van der Waals surface area contributed by atoms with Crippen molar-refractivity contribution in [3.05, 3.63) is 41.7 Å². The lowest BCUT2D eigenvalue weighted by Crippen LogP contribution is -2.31. The molecule has 5 nitrogen and oxygen atoms in total. The molecule has 3 rings (SSSR count). The number of hydrogen-bond acceptors (Lipinski definition) is 4. The van der Waals surface area contributed by atoms with E-state index in [1.165, 1.54) is 16.0 Å². The van der Waals surface area contributed by atoms with Gasteiger partial charge in [0.25, 0.3) is 0 Å². The molecule has 0 saturated carbocycles. The number of aryl methyl sites for hydroxylation is 2. The minimum absolute atomic E-state index is 0.0616. The highest BCUT2D eigenvalue weighted by atomic mass is 32.2. The second kappa shape index (κ2) is 6.58. The van der Waals surface area contributed by atoms with Crippen molar-refractivity contribution in [2.45, 2.75) is 31.8 Å². The average Bonchev–Trinajstić information content (AvgIpc) is 3.11. The number of rotatable bonds is 5. The molecule has 0 bridgehead atoms. The Morgan fingerprint density at radius 1 is 1.17 bits per heavy atom. The maximum Gasteiger partial charge on any atom is 0.229 e. The summed E-state index contributed by atoms with van der Waals surface area (Å²) in [4.78, 5) is 29.0. The summed E-state index contributed by atoms with van der Waals surface area (Å²) in [6.07, 6.45) is 4.41. The van der Waals surface area contributed by atoms with Gasteiger partial charge in [0.05, 0.1) is 5.69 Å². The molecule has 6 heteroatoms. The number of carbonyl (C=O) groups excluding carboxylic acids is 2. The van der Waals surface area contributed by atoms with Crippen molar-refractivity contribution < 1.29 is 9.59 Å². The average molecular weight is 329 g/mol. The Balaban J connectivity index is 1.71. The molecule has 0 radical (unpaired) electrons. The van der Waals surface area contributed by atoms with Crippen LogP contribution in [-0.2, 0) is 9.59 Å². The first-order valence-corrected chi connectivity index (χ1v) is 8.62. The molecular weight excluding hydrogens is 310 g/mol. The Morgan fingerprint density at radius 2 is 1.91 bits per heavy atom. The lowest BCUT2D eigenvalue weighted by molar-refractivity contribution is -0.137. The molecule has 1 aliphatic heterocycles. The van der Waals surface area contributed by atoms with Gasteiger partial charge in [-0.15, -0.1) is 0 Å². The van der Waals surface area contributed by atoms with Gasteiger partial charge in [0.15, 0.2) is 5.16 Å². The Hall–Kier alpha value is -2.08. The fourth-order valence-electron chi connectivity index (χ4n) is 2.66. The number of likely N-dealkylation sites (tertiary alicyclic amines) is 1. The molecule has 0 unspecified atom stereocenters. The summed E-state index contributed by atoms with van der Waals surface area (Å²) in [5, 5.41) is 0.873. The Bertz CT molecular complexity index is 738. The molecule has 1 aromatic carbocycles. The van der Waals surface area contributed by atoms with Gasteiger partial charge in [0.1, 0.15) is 0 Å². The van der Waals surface area contributed by atoms with E-state index in [0.717, 1.165) is 10.8 Å². The molecule has 120 valence electrons. The van der Waals surface area contributed by atoms with Crippen LogP contribution < -0.4 is 0 Å². The first-order valence-electron chi connectivity index (χ1n) is 7.63. The monoisotopic (exact) mass is 329 g/mol. The van der Waals surface area contributed by atoms with Crippen molar-refractivity contribution in [2.75, 3.05) is 12.3 Å². The van der Waals surface area contributed by atoms with Crippen LogP contribution in [0.5, 0.6) is 0 Å². The fraction of sp³-hybridized carbons (Fsp3) is 0.353. The summed E-state index contributed by atoms with van der Waals surface area (Å²) in [7, 11) is 0. The highest BCUT2D eigenvalue weighted by Crippen LogP contribution is 2.24. The number of amides is 2. The van der Waals surface area contributed by atoms with Crippen LogP contribution in [0, 0.1) is 13.8 Å². The van der Waals surface area contributed by atoms with Crippen LogP contribution >= 0.6 is 11.8 Å². The zero-order valence-corrected chi connectivity index (χ0v) is 14.1. The minimum atomic E-state index is -0.0616. The van der Waals surface area contributed by atoms with E-state index in [-0.39, 0.29) is 11.8 Å². The van der Waals surface area contributed by atoms with E-state index in [4.69, 9.17) is 0 Å². The lowest BCUT2D eigenvalue weighted by Gasteiger charge is -2.14. The van der Waals surface area contributed by atoms with Gasteiger partial charge in [-0.3, -0.25) is 19.1 Å². The smallest absolute Gasteiger partial charge is 0.229 e. The second-order valence-electron chi connectivity index (χ2n) is 5.66. The van der Waals surface area contributed by atoms with E-state index >= 15 is 0 Å². The van der Waals surface area contributed by atoms with E-state index in [2.05, 4.69) is 41.6 Å². The number of benzene rings is 1. The van der Waals surface area contributed by atoms with Crippen molar-refractivity contribution >= 4 is 23.6 Å². The van der Waals surface area contributed by atoms with Gasteiger partial charge < -0.3 is 0 Å². The van der Waals surface area contributed by atoms with Gasteiger partial charge in [-0.25, -0.2) is 4.98 Å². The molecule has 1 aromatic heterocycles. The maximum absolute atomic E-state index is 11.6. The third-order valence-corrected chi connectivity index (χ3v) is 4.88. The van der Waals surface area contributed by atoms with Crippen LogP contribution in [0.4, 0.5) is 0 Å². The number of imidazole rings is 1. The molecule has 2 amide bonds. The van der Waals surface area contributed by atoms with Crippen LogP contribution in [0.15, 0.2) is 35.7 Å². The van der Waals surface area contributed by atoms with Crippen molar-refractivity contribution in [3.63, 3.8) is 0 Å².